The predicted octanol–water partition coefficient (Wildman–Crippen LogP) is 0.118. The van der Waals surface area contributed by atoms with Crippen molar-refractivity contribution >= 4 is 15.7 Å². The Bertz CT molecular complexity index is 451. The van der Waals surface area contributed by atoms with Crippen molar-refractivity contribution in [3.63, 3.8) is 0 Å². The molecule has 0 fully saturated rings. The van der Waals surface area contributed by atoms with Crippen molar-refractivity contribution < 1.29 is 13.2 Å². The van der Waals surface area contributed by atoms with Gasteiger partial charge in [0.05, 0.1) is 11.3 Å². The number of hydrogen-bond acceptors (Lipinski definition) is 3. The number of rotatable bonds is 3. The van der Waals surface area contributed by atoms with Crippen LogP contribution in [0.5, 0.6) is 0 Å². The summed E-state index contributed by atoms with van der Waals surface area (Å²) in [6, 6.07) is 6.20. The molecule has 0 aromatic heterocycles. The van der Waals surface area contributed by atoms with Crippen LogP contribution in [0.1, 0.15) is 5.56 Å². The first-order valence-corrected chi connectivity index (χ1v) is 5.86. The summed E-state index contributed by atoms with van der Waals surface area (Å²) < 4.78 is 22.3. The zero-order valence-electron chi connectivity index (χ0n) is 7.73. The van der Waals surface area contributed by atoms with Crippen LogP contribution < -0.4 is 5.73 Å². The highest BCUT2D eigenvalue weighted by Crippen LogP contribution is 2.11. The Kier molecular flexibility index (Phi) is 2.90. The third-order valence-electron chi connectivity index (χ3n) is 1.70. The molecule has 0 bridgehead atoms. The summed E-state index contributed by atoms with van der Waals surface area (Å²) in [7, 11) is -3.21. The van der Waals surface area contributed by atoms with E-state index >= 15 is 0 Å². The fourth-order valence-electron chi connectivity index (χ4n) is 1.09. The van der Waals surface area contributed by atoms with Crippen LogP contribution in [0.3, 0.4) is 0 Å². The van der Waals surface area contributed by atoms with Crippen LogP contribution in [0.2, 0.25) is 0 Å². The Morgan fingerprint density at radius 1 is 1.43 bits per heavy atom. The van der Waals surface area contributed by atoms with Crippen LogP contribution in [0.15, 0.2) is 29.2 Å². The highest BCUT2D eigenvalue weighted by atomic mass is 32.2. The lowest BCUT2D eigenvalue weighted by Crippen LogP contribution is -2.13. The van der Waals surface area contributed by atoms with E-state index in [4.69, 9.17) is 5.73 Å². The zero-order chi connectivity index (χ0) is 10.8. The Labute approximate surface area is 82.7 Å². The fraction of sp³-hybridized carbons (Fsp3) is 0.222. The second kappa shape index (κ2) is 3.79. The van der Waals surface area contributed by atoms with Gasteiger partial charge in [0.2, 0.25) is 5.91 Å². The molecule has 5 heteroatoms. The average Bonchev–Trinajstić information content (AvgIpc) is 2.01. The summed E-state index contributed by atoms with van der Waals surface area (Å²) in [5.41, 5.74) is 5.61. The fourth-order valence-corrected chi connectivity index (χ4v) is 1.78. The second-order valence-electron chi connectivity index (χ2n) is 3.06. The monoisotopic (exact) mass is 213 g/mol. The number of carbonyl (C=O) groups is 1. The van der Waals surface area contributed by atoms with E-state index in [0.717, 1.165) is 6.26 Å². The lowest BCUT2D eigenvalue weighted by molar-refractivity contribution is -0.117. The first kappa shape index (κ1) is 10.7. The summed E-state index contributed by atoms with van der Waals surface area (Å²) in [6.45, 7) is 0. The van der Waals surface area contributed by atoms with Gasteiger partial charge >= 0.3 is 0 Å². The van der Waals surface area contributed by atoms with Gasteiger partial charge in [0.15, 0.2) is 9.84 Å². The highest BCUT2D eigenvalue weighted by molar-refractivity contribution is 7.90. The van der Waals surface area contributed by atoms with Crippen molar-refractivity contribution in [3.05, 3.63) is 29.8 Å². The molecular weight excluding hydrogens is 202 g/mol. The highest BCUT2D eigenvalue weighted by Gasteiger charge is 2.07. The number of sulfone groups is 1. The van der Waals surface area contributed by atoms with E-state index in [1.807, 2.05) is 0 Å². The minimum atomic E-state index is -3.21. The SMILES string of the molecule is CS(=O)(=O)c1cccc(CC(N)=O)c1. The zero-order valence-corrected chi connectivity index (χ0v) is 8.54. The number of benzene rings is 1. The molecule has 1 aromatic rings. The molecule has 2 N–H and O–H groups in total. The number of carbonyl (C=O) groups excluding carboxylic acids is 1. The smallest absolute Gasteiger partial charge is 0.221 e. The van der Waals surface area contributed by atoms with Gasteiger partial charge in [-0.25, -0.2) is 8.42 Å². The van der Waals surface area contributed by atoms with Crippen molar-refractivity contribution in [1.82, 2.24) is 0 Å². The molecule has 1 aromatic carbocycles. The van der Waals surface area contributed by atoms with Gasteiger partial charge in [0.25, 0.3) is 0 Å². The van der Waals surface area contributed by atoms with Crippen LogP contribution in [0.25, 0.3) is 0 Å². The Hall–Kier alpha value is -1.36. The third-order valence-corrected chi connectivity index (χ3v) is 2.82. The lowest BCUT2D eigenvalue weighted by Gasteiger charge is -2.01. The maximum atomic E-state index is 11.2. The van der Waals surface area contributed by atoms with Crippen molar-refractivity contribution in [1.29, 1.82) is 0 Å². The Morgan fingerprint density at radius 3 is 2.57 bits per heavy atom. The minimum Gasteiger partial charge on any atom is -0.369 e. The molecule has 0 unspecified atom stereocenters. The van der Waals surface area contributed by atoms with Gasteiger partial charge in [-0.15, -0.1) is 0 Å². The third kappa shape index (κ3) is 2.85. The summed E-state index contributed by atoms with van der Waals surface area (Å²) >= 11 is 0. The van der Waals surface area contributed by atoms with Crippen LogP contribution in [0.4, 0.5) is 0 Å². The molecule has 1 amide bonds. The molecule has 76 valence electrons. The Morgan fingerprint density at radius 2 is 2.07 bits per heavy atom. The molecule has 0 heterocycles. The largest absolute Gasteiger partial charge is 0.369 e. The van der Waals surface area contributed by atoms with Gasteiger partial charge in [-0.3, -0.25) is 4.79 Å². The topological polar surface area (TPSA) is 77.2 Å². The molecule has 14 heavy (non-hydrogen) atoms. The summed E-state index contributed by atoms with van der Waals surface area (Å²) in [5.74, 6) is -0.476. The maximum absolute atomic E-state index is 11.2. The quantitative estimate of drug-likeness (QED) is 0.774. The average molecular weight is 213 g/mol. The molecule has 0 saturated heterocycles. The lowest BCUT2D eigenvalue weighted by atomic mass is 10.1. The van der Waals surface area contributed by atoms with E-state index in [-0.39, 0.29) is 11.3 Å². The number of primary amides is 1. The number of amides is 1. The van der Waals surface area contributed by atoms with E-state index in [2.05, 4.69) is 0 Å². The molecule has 0 aliphatic carbocycles. The molecule has 4 nitrogen and oxygen atoms in total. The normalized spacial score (nSPS) is 11.2. The first-order valence-electron chi connectivity index (χ1n) is 3.97. The van der Waals surface area contributed by atoms with Gasteiger partial charge in [-0.1, -0.05) is 12.1 Å². The van der Waals surface area contributed by atoms with E-state index in [9.17, 15) is 13.2 Å². The van der Waals surface area contributed by atoms with Gasteiger partial charge in [-0.2, -0.15) is 0 Å². The molecule has 1 rings (SSSR count). The molecule has 0 spiro atoms. The van der Waals surface area contributed by atoms with Gasteiger partial charge < -0.3 is 5.73 Å². The van der Waals surface area contributed by atoms with Gasteiger partial charge in [-0.05, 0) is 17.7 Å². The summed E-state index contributed by atoms with van der Waals surface area (Å²) in [6.07, 6.45) is 1.18. The van der Waals surface area contributed by atoms with Crippen molar-refractivity contribution in [3.8, 4) is 0 Å². The van der Waals surface area contributed by atoms with Gasteiger partial charge in [0, 0.05) is 6.26 Å². The van der Waals surface area contributed by atoms with Crippen LogP contribution in [-0.2, 0) is 21.1 Å². The maximum Gasteiger partial charge on any atom is 0.221 e. The van der Waals surface area contributed by atoms with Crippen molar-refractivity contribution in [2.45, 2.75) is 11.3 Å². The van der Waals surface area contributed by atoms with Crippen molar-refractivity contribution in [2.24, 2.45) is 5.73 Å². The van der Waals surface area contributed by atoms with Crippen molar-refractivity contribution in [2.75, 3.05) is 6.26 Å². The predicted molar refractivity (Wildman–Crippen MR) is 52.5 cm³/mol. The summed E-state index contributed by atoms with van der Waals surface area (Å²) in [5, 5.41) is 0. The van der Waals surface area contributed by atoms with E-state index in [1.165, 1.54) is 12.1 Å². The van der Waals surface area contributed by atoms with E-state index < -0.39 is 15.7 Å². The molecule has 0 radical (unpaired) electrons. The standard InChI is InChI=1S/C9H11NO3S/c1-14(12,13)8-4-2-3-7(5-8)6-9(10)11/h2-5H,6H2,1H3,(H2,10,11). The molecular formula is C9H11NO3S. The number of nitrogens with two attached hydrogens (primary N) is 1. The van der Waals surface area contributed by atoms with E-state index in [1.54, 1.807) is 12.1 Å². The first-order chi connectivity index (χ1) is 6.39. The van der Waals surface area contributed by atoms with Crippen LogP contribution in [0, 0.1) is 0 Å². The number of hydrogen-bond donors (Lipinski definition) is 1. The summed E-state index contributed by atoms with van der Waals surface area (Å²) in [4.78, 5) is 10.8. The molecule has 0 atom stereocenters. The van der Waals surface area contributed by atoms with E-state index in [0.29, 0.717) is 5.56 Å². The van der Waals surface area contributed by atoms with Crippen LogP contribution in [-0.4, -0.2) is 20.6 Å². The second-order valence-corrected chi connectivity index (χ2v) is 5.08. The van der Waals surface area contributed by atoms with Crippen LogP contribution >= 0.6 is 0 Å². The van der Waals surface area contributed by atoms with Gasteiger partial charge in [0.1, 0.15) is 0 Å². The Balaban J connectivity index is 3.08. The molecule has 0 aliphatic heterocycles. The molecule has 0 aliphatic rings. The minimum absolute atomic E-state index is 0.0589. The molecule has 0 saturated carbocycles.